The van der Waals surface area contributed by atoms with Crippen LogP contribution in [0.4, 0.5) is 0 Å². The van der Waals surface area contributed by atoms with Crippen molar-refractivity contribution in [3.05, 3.63) is 47.8 Å². The van der Waals surface area contributed by atoms with Crippen LogP contribution in [0.25, 0.3) is 37.3 Å². The minimum atomic E-state index is -0.232. The molecule has 5 aromatic rings. The van der Waals surface area contributed by atoms with Crippen molar-refractivity contribution >= 4 is 37.4 Å². The lowest BCUT2D eigenvalue weighted by molar-refractivity contribution is -0.0394. The topological polar surface area (TPSA) is 78.1 Å². The van der Waals surface area contributed by atoms with Crippen molar-refractivity contribution in [2.45, 2.75) is 32.5 Å². The van der Waals surface area contributed by atoms with Crippen LogP contribution in [0.1, 0.15) is 25.0 Å². The highest BCUT2D eigenvalue weighted by molar-refractivity contribution is 7.26. The number of tetrazole rings is 1. The normalized spacial score (nSPS) is 16.1. The van der Waals surface area contributed by atoms with Gasteiger partial charge in [-0.3, -0.25) is 0 Å². The van der Waals surface area contributed by atoms with Gasteiger partial charge < -0.3 is 4.74 Å². The first-order valence-corrected chi connectivity index (χ1v) is 9.92. The Morgan fingerprint density at radius 1 is 1.14 bits per heavy atom. The summed E-state index contributed by atoms with van der Waals surface area (Å²) >= 11 is 1.60. The molecular formula is C20H16N6OS. The minimum Gasteiger partial charge on any atom is -0.370 e. The zero-order valence-corrected chi connectivity index (χ0v) is 16.2. The Labute approximate surface area is 164 Å². The number of ether oxygens (including phenoxy) is 1. The predicted molar refractivity (Wildman–Crippen MR) is 107 cm³/mol. The number of nitrogens with zero attached hydrogens (tertiary/aromatic N) is 6. The van der Waals surface area contributed by atoms with Crippen LogP contribution in [0, 0.1) is 0 Å². The molecule has 0 N–H and O–H groups in total. The molecule has 0 bridgehead atoms. The number of hydrogen-bond acceptors (Lipinski definition) is 7. The fourth-order valence-electron chi connectivity index (χ4n) is 3.96. The van der Waals surface area contributed by atoms with Crippen molar-refractivity contribution in [2.24, 2.45) is 0 Å². The summed E-state index contributed by atoms with van der Waals surface area (Å²) in [5.74, 6) is 0. The molecule has 1 aliphatic rings. The van der Waals surface area contributed by atoms with Gasteiger partial charge in [0.05, 0.1) is 23.4 Å². The number of hydrogen-bond donors (Lipinski definition) is 0. The van der Waals surface area contributed by atoms with E-state index in [1.807, 2.05) is 18.2 Å². The smallest absolute Gasteiger partial charge is 0.200 e. The van der Waals surface area contributed by atoms with E-state index in [0.29, 0.717) is 12.3 Å². The van der Waals surface area contributed by atoms with Gasteiger partial charge in [-0.15, -0.1) is 16.4 Å². The lowest BCUT2D eigenvalue weighted by Gasteiger charge is -2.33. The maximum absolute atomic E-state index is 6.16. The number of benzene rings is 1. The van der Waals surface area contributed by atoms with Crippen molar-refractivity contribution in [2.75, 3.05) is 0 Å². The standard InChI is InChI=1S/C20H16N6OS/c1-20(2)8-12-13(9-27-20)15(11-6-4-3-5-7-11)22-19-14(12)16-17(28-19)18-23-24-25-26(18)10-21-16/h3-7,10H,8-9H2,1-2H3. The molecule has 0 saturated heterocycles. The van der Waals surface area contributed by atoms with E-state index in [2.05, 4.69) is 46.5 Å². The van der Waals surface area contributed by atoms with Crippen molar-refractivity contribution in [3.8, 4) is 11.3 Å². The Balaban J connectivity index is 1.77. The highest BCUT2D eigenvalue weighted by Gasteiger charge is 2.32. The minimum absolute atomic E-state index is 0.232. The molecule has 1 aromatic carbocycles. The van der Waals surface area contributed by atoms with Gasteiger partial charge >= 0.3 is 0 Å². The highest BCUT2D eigenvalue weighted by atomic mass is 32.1. The Bertz CT molecular complexity index is 1370. The highest BCUT2D eigenvalue weighted by Crippen LogP contribution is 2.43. The van der Waals surface area contributed by atoms with Gasteiger partial charge in [0.15, 0.2) is 5.65 Å². The molecule has 0 amide bonds. The van der Waals surface area contributed by atoms with Crippen molar-refractivity contribution < 1.29 is 4.74 Å². The van der Waals surface area contributed by atoms with Gasteiger partial charge in [0, 0.05) is 22.9 Å². The van der Waals surface area contributed by atoms with Crippen molar-refractivity contribution in [1.82, 2.24) is 30.0 Å². The van der Waals surface area contributed by atoms with E-state index in [4.69, 9.17) is 9.72 Å². The summed E-state index contributed by atoms with van der Waals surface area (Å²) in [6.45, 7) is 4.81. The van der Waals surface area contributed by atoms with Gasteiger partial charge in [0.1, 0.15) is 15.9 Å². The van der Waals surface area contributed by atoms with Crippen LogP contribution < -0.4 is 0 Å². The van der Waals surface area contributed by atoms with Crippen LogP contribution in [0.3, 0.4) is 0 Å². The molecule has 4 aromatic heterocycles. The Morgan fingerprint density at radius 3 is 2.86 bits per heavy atom. The van der Waals surface area contributed by atoms with Crippen LogP contribution in [-0.4, -0.2) is 35.6 Å². The Hall–Kier alpha value is -2.97. The lowest BCUT2D eigenvalue weighted by atomic mass is 9.88. The Kier molecular flexibility index (Phi) is 3.16. The molecule has 1 aliphatic heterocycles. The van der Waals surface area contributed by atoms with Crippen LogP contribution in [0.15, 0.2) is 36.7 Å². The predicted octanol–water partition coefficient (Wildman–Crippen LogP) is 3.80. The Morgan fingerprint density at radius 2 is 2.00 bits per heavy atom. The fourth-order valence-corrected chi connectivity index (χ4v) is 5.09. The third-order valence-electron chi connectivity index (χ3n) is 5.28. The molecule has 0 saturated carbocycles. The van der Waals surface area contributed by atoms with Gasteiger partial charge in [0.25, 0.3) is 0 Å². The van der Waals surface area contributed by atoms with Crippen molar-refractivity contribution in [3.63, 3.8) is 0 Å². The first-order chi connectivity index (χ1) is 13.6. The quantitative estimate of drug-likeness (QED) is 0.435. The summed E-state index contributed by atoms with van der Waals surface area (Å²) in [5.41, 5.74) is 5.92. The molecule has 0 spiro atoms. The number of rotatable bonds is 1. The number of thiophene rings is 1. The first kappa shape index (κ1) is 16.0. The third kappa shape index (κ3) is 2.22. The second-order valence-electron chi connectivity index (χ2n) is 7.66. The zero-order valence-electron chi connectivity index (χ0n) is 15.4. The molecule has 0 atom stereocenters. The van der Waals surface area contributed by atoms with Gasteiger partial charge in [-0.1, -0.05) is 30.3 Å². The summed E-state index contributed by atoms with van der Waals surface area (Å²) in [7, 11) is 0. The second kappa shape index (κ2) is 5.52. The fraction of sp³-hybridized carbons (Fsp3) is 0.250. The summed E-state index contributed by atoms with van der Waals surface area (Å²) in [4.78, 5) is 10.7. The molecular weight excluding hydrogens is 372 g/mol. The lowest BCUT2D eigenvalue weighted by Crippen LogP contribution is -2.32. The van der Waals surface area contributed by atoms with Crippen LogP contribution >= 0.6 is 11.3 Å². The van der Waals surface area contributed by atoms with E-state index in [9.17, 15) is 0 Å². The molecule has 28 heavy (non-hydrogen) atoms. The SMILES string of the molecule is CC1(C)Cc2c(c(-c3ccccc3)nc3sc4c(ncn5nnnc45)c23)CO1. The number of pyridine rings is 1. The largest absolute Gasteiger partial charge is 0.370 e. The molecule has 6 rings (SSSR count). The first-order valence-electron chi connectivity index (χ1n) is 9.11. The van der Waals surface area contributed by atoms with Crippen LogP contribution in [0.5, 0.6) is 0 Å². The maximum Gasteiger partial charge on any atom is 0.200 e. The number of aromatic nitrogens is 6. The van der Waals surface area contributed by atoms with Crippen LogP contribution in [-0.2, 0) is 17.8 Å². The van der Waals surface area contributed by atoms with Gasteiger partial charge in [-0.25, -0.2) is 9.97 Å². The van der Waals surface area contributed by atoms with Gasteiger partial charge in [-0.05, 0) is 29.8 Å². The molecule has 5 heterocycles. The molecule has 138 valence electrons. The molecule has 0 aliphatic carbocycles. The molecule has 8 heteroatoms. The van der Waals surface area contributed by atoms with Crippen LogP contribution in [0.2, 0.25) is 0 Å². The van der Waals surface area contributed by atoms with E-state index in [-0.39, 0.29) is 5.60 Å². The number of fused-ring (bicyclic) bond motifs is 7. The van der Waals surface area contributed by atoms with E-state index in [1.54, 1.807) is 22.2 Å². The molecule has 0 fully saturated rings. The van der Waals surface area contributed by atoms with E-state index >= 15 is 0 Å². The molecule has 7 nitrogen and oxygen atoms in total. The average molecular weight is 388 g/mol. The summed E-state index contributed by atoms with van der Waals surface area (Å²) < 4.78 is 8.73. The third-order valence-corrected chi connectivity index (χ3v) is 6.35. The van der Waals surface area contributed by atoms with E-state index < -0.39 is 0 Å². The monoisotopic (exact) mass is 388 g/mol. The molecule has 0 radical (unpaired) electrons. The van der Waals surface area contributed by atoms with Gasteiger partial charge in [0.2, 0.25) is 0 Å². The second-order valence-corrected chi connectivity index (χ2v) is 8.66. The van der Waals surface area contributed by atoms with Crippen molar-refractivity contribution in [1.29, 1.82) is 0 Å². The molecule has 0 unspecified atom stereocenters. The summed E-state index contributed by atoms with van der Waals surface area (Å²) in [5, 5.41) is 13.1. The van der Waals surface area contributed by atoms with Gasteiger partial charge in [-0.2, -0.15) is 4.52 Å². The van der Waals surface area contributed by atoms with E-state index in [1.165, 1.54) is 5.56 Å². The summed E-state index contributed by atoms with van der Waals surface area (Å²) in [6, 6.07) is 10.3. The zero-order chi connectivity index (χ0) is 18.9. The van der Waals surface area contributed by atoms with E-state index in [0.717, 1.165) is 43.7 Å². The average Bonchev–Trinajstić information content (AvgIpc) is 3.31. The maximum atomic E-state index is 6.16. The summed E-state index contributed by atoms with van der Waals surface area (Å²) in [6.07, 6.45) is 2.48.